The van der Waals surface area contributed by atoms with Crippen molar-refractivity contribution >= 4 is 21.5 Å². The number of benzene rings is 1. The predicted molar refractivity (Wildman–Crippen MR) is 97.6 cm³/mol. The van der Waals surface area contributed by atoms with Crippen molar-refractivity contribution in [2.75, 3.05) is 30.3 Å². The number of aromatic nitrogens is 1. The minimum absolute atomic E-state index is 0.0285. The molecule has 7 nitrogen and oxygen atoms in total. The van der Waals surface area contributed by atoms with Crippen molar-refractivity contribution in [2.45, 2.75) is 24.8 Å². The van der Waals surface area contributed by atoms with E-state index in [4.69, 9.17) is 9.47 Å². The SMILES string of the molecule is COCCNc1ccc(NS(=O)(=O)c2ccc(OC(C)C)cc2)nc1. The van der Waals surface area contributed by atoms with Crippen LogP contribution in [-0.4, -0.2) is 39.8 Å². The molecule has 0 unspecified atom stereocenters. The Bertz CT molecular complexity index is 759. The van der Waals surface area contributed by atoms with E-state index < -0.39 is 10.0 Å². The summed E-state index contributed by atoms with van der Waals surface area (Å²) in [6.45, 7) is 5.04. The van der Waals surface area contributed by atoms with Gasteiger partial charge in [0.1, 0.15) is 11.6 Å². The number of ether oxygens (including phenoxy) is 2. The van der Waals surface area contributed by atoms with Gasteiger partial charge < -0.3 is 14.8 Å². The second-order valence-electron chi connectivity index (χ2n) is 5.60. The van der Waals surface area contributed by atoms with Crippen LogP contribution in [0, 0.1) is 0 Å². The number of methoxy groups -OCH3 is 1. The maximum atomic E-state index is 12.4. The second-order valence-corrected chi connectivity index (χ2v) is 7.28. The third-order valence-corrected chi connectivity index (χ3v) is 4.51. The first-order chi connectivity index (χ1) is 11.9. The van der Waals surface area contributed by atoms with Crippen molar-refractivity contribution in [3.63, 3.8) is 0 Å². The minimum Gasteiger partial charge on any atom is -0.491 e. The fraction of sp³-hybridized carbons (Fsp3) is 0.353. The van der Waals surface area contributed by atoms with Gasteiger partial charge in [0.15, 0.2) is 0 Å². The number of nitrogens with zero attached hydrogens (tertiary/aromatic N) is 1. The Morgan fingerprint density at radius 1 is 1.12 bits per heavy atom. The zero-order chi connectivity index (χ0) is 18.3. The van der Waals surface area contributed by atoms with Crippen molar-refractivity contribution in [3.05, 3.63) is 42.6 Å². The fourth-order valence-corrected chi connectivity index (χ4v) is 3.03. The van der Waals surface area contributed by atoms with Crippen molar-refractivity contribution in [3.8, 4) is 5.75 Å². The largest absolute Gasteiger partial charge is 0.491 e. The van der Waals surface area contributed by atoms with E-state index in [0.29, 0.717) is 18.9 Å². The molecule has 0 saturated carbocycles. The normalized spacial score (nSPS) is 11.4. The lowest BCUT2D eigenvalue weighted by molar-refractivity contribution is 0.211. The van der Waals surface area contributed by atoms with E-state index in [1.54, 1.807) is 37.6 Å². The average Bonchev–Trinajstić information content (AvgIpc) is 2.56. The summed E-state index contributed by atoms with van der Waals surface area (Å²) in [5.74, 6) is 0.873. The molecule has 1 aromatic carbocycles. The molecule has 2 rings (SSSR count). The summed E-state index contributed by atoms with van der Waals surface area (Å²) in [6.07, 6.45) is 1.59. The van der Waals surface area contributed by atoms with Crippen LogP contribution in [0.15, 0.2) is 47.5 Å². The lowest BCUT2D eigenvalue weighted by Crippen LogP contribution is -2.14. The van der Waals surface area contributed by atoms with Crippen LogP contribution in [0.3, 0.4) is 0 Å². The number of hydrogen-bond acceptors (Lipinski definition) is 6. The van der Waals surface area contributed by atoms with Crippen LogP contribution < -0.4 is 14.8 Å². The summed E-state index contributed by atoms with van der Waals surface area (Å²) in [5.41, 5.74) is 0.787. The van der Waals surface area contributed by atoms with Gasteiger partial charge in [0.25, 0.3) is 10.0 Å². The van der Waals surface area contributed by atoms with Gasteiger partial charge in [-0.15, -0.1) is 0 Å². The first-order valence-electron chi connectivity index (χ1n) is 7.89. The van der Waals surface area contributed by atoms with E-state index >= 15 is 0 Å². The molecular weight excluding hydrogens is 342 g/mol. The van der Waals surface area contributed by atoms with Gasteiger partial charge in [0, 0.05) is 13.7 Å². The van der Waals surface area contributed by atoms with Gasteiger partial charge >= 0.3 is 0 Å². The molecule has 0 spiro atoms. The highest BCUT2D eigenvalue weighted by atomic mass is 32.2. The Morgan fingerprint density at radius 2 is 1.84 bits per heavy atom. The van der Waals surface area contributed by atoms with Crippen LogP contribution in [0.4, 0.5) is 11.5 Å². The molecule has 0 fully saturated rings. The Morgan fingerprint density at radius 3 is 2.40 bits per heavy atom. The van der Waals surface area contributed by atoms with Crippen molar-refractivity contribution in [1.82, 2.24) is 4.98 Å². The molecule has 0 radical (unpaired) electrons. The van der Waals surface area contributed by atoms with Crippen LogP contribution in [0.1, 0.15) is 13.8 Å². The highest BCUT2D eigenvalue weighted by Gasteiger charge is 2.15. The highest BCUT2D eigenvalue weighted by Crippen LogP contribution is 2.19. The van der Waals surface area contributed by atoms with E-state index in [0.717, 1.165) is 5.69 Å². The van der Waals surface area contributed by atoms with Gasteiger partial charge in [-0.1, -0.05) is 0 Å². The number of hydrogen-bond donors (Lipinski definition) is 2. The number of rotatable bonds is 9. The van der Waals surface area contributed by atoms with Crippen LogP contribution in [0.5, 0.6) is 5.75 Å². The molecule has 0 aliphatic heterocycles. The van der Waals surface area contributed by atoms with Crippen LogP contribution in [0.25, 0.3) is 0 Å². The number of sulfonamides is 1. The molecule has 0 aliphatic rings. The highest BCUT2D eigenvalue weighted by molar-refractivity contribution is 7.92. The number of pyridine rings is 1. The Hall–Kier alpha value is -2.32. The molecule has 0 aliphatic carbocycles. The van der Waals surface area contributed by atoms with E-state index in [1.807, 2.05) is 13.8 Å². The fourth-order valence-electron chi connectivity index (χ4n) is 2.02. The zero-order valence-corrected chi connectivity index (χ0v) is 15.3. The quantitative estimate of drug-likeness (QED) is 0.664. The summed E-state index contributed by atoms with van der Waals surface area (Å²) in [4.78, 5) is 4.25. The predicted octanol–water partition coefficient (Wildman–Crippen LogP) is 2.73. The zero-order valence-electron chi connectivity index (χ0n) is 14.5. The van der Waals surface area contributed by atoms with Gasteiger partial charge in [-0.25, -0.2) is 13.4 Å². The number of anilines is 2. The van der Waals surface area contributed by atoms with Crippen molar-refractivity contribution < 1.29 is 17.9 Å². The van der Waals surface area contributed by atoms with Crippen LogP contribution in [-0.2, 0) is 14.8 Å². The molecule has 0 saturated heterocycles. The maximum Gasteiger partial charge on any atom is 0.263 e. The third kappa shape index (κ3) is 5.91. The molecule has 1 heterocycles. The smallest absolute Gasteiger partial charge is 0.263 e. The molecule has 8 heteroatoms. The molecule has 136 valence electrons. The first-order valence-corrected chi connectivity index (χ1v) is 9.37. The lowest BCUT2D eigenvalue weighted by Gasteiger charge is -2.11. The van der Waals surface area contributed by atoms with Gasteiger partial charge in [0.05, 0.1) is 29.5 Å². The standard InChI is InChI=1S/C17H23N3O4S/c1-13(2)24-15-5-7-16(8-6-15)25(21,22)20-17-9-4-14(12-19-17)18-10-11-23-3/h4-9,12-13,18H,10-11H2,1-3H3,(H,19,20). The number of nitrogens with one attached hydrogen (secondary N) is 2. The summed E-state index contributed by atoms with van der Waals surface area (Å²) < 4.78 is 37.7. The first kappa shape index (κ1) is 19.0. The Labute approximate surface area is 148 Å². The monoisotopic (exact) mass is 365 g/mol. The summed E-state index contributed by atoms with van der Waals surface area (Å²) in [6, 6.07) is 9.61. The summed E-state index contributed by atoms with van der Waals surface area (Å²) >= 11 is 0. The van der Waals surface area contributed by atoms with Gasteiger partial charge in [0.2, 0.25) is 0 Å². The lowest BCUT2D eigenvalue weighted by atomic mass is 10.3. The molecule has 1 aromatic heterocycles. The summed E-state index contributed by atoms with van der Waals surface area (Å²) in [7, 11) is -2.08. The molecule has 0 atom stereocenters. The third-order valence-electron chi connectivity index (χ3n) is 3.14. The average molecular weight is 365 g/mol. The minimum atomic E-state index is -3.70. The van der Waals surface area contributed by atoms with E-state index in [-0.39, 0.29) is 16.8 Å². The molecule has 2 aromatic rings. The molecule has 0 amide bonds. The topological polar surface area (TPSA) is 89.6 Å². The van der Waals surface area contributed by atoms with Gasteiger partial charge in [-0.05, 0) is 50.2 Å². The Balaban J connectivity index is 2.02. The molecular formula is C17H23N3O4S. The molecule has 25 heavy (non-hydrogen) atoms. The van der Waals surface area contributed by atoms with E-state index in [9.17, 15) is 8.42 Å². The van der Waals surface area contributed by atoms with Crippen LogP contribution >= 0.6 is 0 Å². The van der Waals surface area contributed by atoms with Crippen molar-refractivity contribution in [1.29, 1.82) is 0 Å². The van der Waals surface area contributed by atoms with E-state index in [1.165, 1.54) is 12.1 Å². The maximum absolute atomic E-state index is 12.4. The summed E-state index contributed by atoms with van der Waals surface area (Å²) in [5, 5.41) is 3.11. The second kappa shape index (κ2) is 8.68. The molecule has 0 bridgehead atoms. The van der Waals surface area contributed by atoms with Crippen LogP contribution in [0.2, 0.25) is 0 Å². The molecule has 2 N–H and O–H groups in total. The van der Waals surface area contributed by atoms with Gasteiger partial charge in [-0.2, -0.15) is 0 Å². The van der Waals surface area contributed by atoms with Gasteiger partial charge in [-0.3, -0.25) is 4.72 Å². The van der Waals surface area contributed by atoms with Crippen molar-refractivity contribution in [2.24, 2.45) is 0 Å². The Kier molecular flexibility index (Phi) is 6.60. The van der Waals surface area contributed by atoms with E-state index in [2.05, 4.69) is 15.0 Å².